The number of anilines is 2. The van der Waals surface area contributed by atoms with Crippen molar-refractivity contribution in [2.24, 2.45) is 0 Å². The Labute approximate surface area is 231 Å². The number of carbonyl (C=O) groups excluding carboxylic acids is 1. The van der Waals surface area contributed by atoms with Crippen LogP contribution in [0, 0.1) is 0 Å². The SMILES string of the molecule is CCN(CCCC(C)=O)c1cc(OC)c(-c2c3ccc(=[N+](C)C)cc-3oc3cc(OC)ccc23)cc1N(C)C. The maximum atomic E-state index is 11.6. The van der Waals surface area contributed by atoms with Gasteiger partial charge in [0.05, 0.1) is 31.7 Å². The number of ether oxygens (including phenoxy) is 2. The molecule has 1 heterocycles. The first-order valence-electron chi connectivity index (χ1n) is 13.4. The molecule has 0 saturated heterocycles. The lowest BCUT2D eigenvalue weighted by Crippen LogP contribution is -2.26. The van der Waals surface area contributed by atoms with E-state index in [1.165, 1.54) is 0 Å². The summed E-state index contributed by atoms with van der Waals surface area (Å²) in [6.07, 6.45) is 1.39. The summed E-state index contributed by atoms with van der Waals surface area (Å²) in [5.41, 5.74) is 5.93. The minimum absolute atomic E-state index is 0.217. The van der Waals surface area contributed by atoms with Crippen LogP contribution in [0.3, 0.4) is 0 Å². The van der Waals surface area contributed by atoms with Crippen LogP contribution in [0.2, 0.25) is 0 Å². The fraction of sp³-hybridized carbons (Fsp3) is 0.375. The zero-order valence-electron chi connectivity index (χ0n) is 24.4. The van der Waals surface area contributed by atoms with Crippen LogP contribution >= 0.6 is 0 Å². The molecule has 1 aliphatic heterocycles. The second-order valence-corrected chi connectivity index (χ2v) is 10.2. The van der Waals surface area contributed by atoms with Crippen LogP contribution in [0.4, 0.5) is 11.4 Å². The molecule has 0 aromatic heterocycles. The Morgan fingerprint density at radius 1 is 0.949 bits per heavy atom. The summed E-state index contributed by atoms with van der Waals surface area (Å²) in [5, 5.41) is 2.03. The molecule has 0 N–H and O–H groups in total. The summed E-state index contributed by atoms with van der Waals surface area (Å²) in [4.78, 5) is 16.0. The van der Waals surface area contributed by atoms with Crippen LogP contribution < -0.4 is 29.2 Å². The number of hydrogen-bond donors (Lipinski definition) is 0. The zero-order valence-corrected chi connectivity index (χ0v) is 24.4. The molecule has 0 amide bonds. The highest BCUT2D eigenvalue weighted by Gasteiger charge is 2.24. The van der Waals surface area contributed by atoms with E-state index < -0.39 is 0 Å². The van der Waals surface area contributed by atoms with E-state index in [1.54, 1.807) is 21.1 Å². The van der Waals surface area contributed by atoms with Gasteiger partial charge in [-0.15, -0.1) is 0 Å². The molecule has 7 nitrogen and oxygen atoms in total. The minimum atomic E-state index is 0.217. The van der Waals surface area contributed by atoms with Gasteiger partial charge in [-0.1, -0.05) is 0 Å². The summed E-state index contributed by atoms with van der Waals surface area (Å²) in [5.74, 6) is 2.52. The van der Waals surface area contributed by atoms with Crippen molar-refractivity contribution in [2.75, 3.05) is 65.3 Å². The number of carbonyl (C=O) groups is 1. The van der Waals surface area contributed by atoms with Gasteiger partial charge in [0.25, 0.3) is 0 Å². The summed E-state index contributed by atoms with van der Waals surface area (Å²) in [6.45, 7) is 5.41. The molecular weight excluding hydrogens is 490 g/mol. The van der Waals surface area contributed by atoms with E-state index >= 15 is 0 Å². The second-order valence-electron chi connectivity index (χ2n) is 10.2. The van der Waals surface area contributed by atoms with Gasteiger partial charge in [-0.25, -0.2) is 4.58 Å². The van der Waals surface area contributed by atoms with Crippen molar-refractivity contribution in [1.82, 2.24) is 4.58 Å². The predicted octanol–water partition coefficient (Wildman–Crippen LogP) is 5.52. The number of benzene rings is 3. The average molecular weight is 531 g/mol. The van der Waals surface area contributed by atoms with Crippen LogP contribution in [0.25, 0.3) is 33.4 Å². The lowest BCUT2D eigenvalue weighted by molar-refractivity contribution is -0.117. The molecule has 0 unspecified atom stereocenters. The molecular formula is C32H40N3O4+. The molecule has 2 aliphatic rings. The Bertz CT molecular complexity index is 1530. The van der Waals surface area contributed by atoms with Gasteiger partial charge < -0.3 is 28.5 Å². The van der Waals surface area contributed by atoms with Gasteiger partial charge in [-0.05, 0) is 44.5 Å². The molecule has 39 heavy (non-hydrogen) atoms. The Hall–Kier alpha value is -4.00. The van der Waals surface area contributed by atoms with E-state index in [0.717, 1.165) is 81.2 Å². The van der Waals surface area contributed by atoms with Crippen molar-refractivity contribution in [2.45, 2.75) is 26.7 Å². The van der Waals surface area contributed by atoms with Crippen LogP contribution in [0.1, 0.15) is 26.7 Å². The van der Waals surface area contributed by atoms with Crippen LogP contribution in [0.15, 0.2) is 52.9 Å². The highest BCUT2D eigenvalue weighted by molar-refractivity contribution is 6.04. The van der Waals surface area contributed by atoms with Crippen LogP contribution in [0.5, 0.6) is 11.5 Å². The van der Waals surface area contributed by atoms with Crippen molar-refractivity contribution in [3.8, 4) is 33.9 Å². The van der Waals surface area contributed by atoms with Crippen molar-refractivity contribution in [3.05, 3.63) is 53.9 Å². The average Bonchev–Trinajstić information content (AvgIpc) is 2.92. The number of ketones is 1. The third-order valence-electron chi connectivity index (χ3n) is 7.16. The molecule has 4 rings (SSSR count). The van der Waals surface area contributed by atoms with Crippen LogP contribution in [-0.2, 0) is 4.79 Å². The molecule has 2 aromatic carbocycles. The summed E-state index contributed by atoms with van der Waals surface area (Å²) in [6, 6.07) is 16.6. The smallest absolute Gasteiger partial charge is 0.203 e. The molecule has 0 saturated carbocycles. The summed E-state index contributed by atoms with van der Waals surface area (Å²) in [7, 11) is 11.5. The van der Waals surface area contributed by atoms with Gasteiger partial charge >= 0.3 is 0 Å². The standard InChI is InChI=1S/C32H40N3O4/c1-9-35(16-10-11-21(2)36)28-20-29(38-8)26(19-27(28)34(5)6)32-24-14-12-22(33(3)4)17-30(24)39-31-18-23(37-7)13-15-25(31)32/h12-15,17-20H,9-11,16H2,1-8H3/q+1. The fourth-order valence-corrected chi connectivity index (χ4v) is 5.06. The quantitative estimate of drug-likeness (QED) is 0.199. The number of fused-ring (bicyclic) bond motifs is 2. The number of hydrogen-bond acceptors (Lipinski definition) is 6. The lowest BCUT2D eigenvalue weighted by Gasteiger charge is -2.30. The maximum absolute atomic E-state index is 11.6. The first-order chi connectivity index (χ1) is 18.7. The van der Waals surface area contributed by atoms with Gasteiger partial charge in [-0.3, -0.25) is 0 Å². The van der Waals surface area contributed by atoms with E-state index in [1.807, 2.05) is 26.2 Å². The molecule has 0 atom stereocenters. The third kappa shape index (κ3) is 5.72. The van der Waals surface area contributed by atoms with Crippen molar-refractivity contribution >= 4 is 28.1 Å². The fourth-order valence-electron chi connectivity index (χ4n) is 5.06. The molecule has 0 fully saturated rings. The molecule has 0 bridgehead atoms. The van der Waals surface area contributed by atoms with E-state index in [2.05, 4.69) is 71.8 Å². The van der Waals surface area contributed by atoms with E-state index in [9.17, 15) is 4.79 Å². The highest BCUT2D eigenvalue weighted by Crippen LogP contribution is 2.47. The van der Waals surface area contributed by atoms with Gasteiger partial charge in [0, 0.05) is 73.9 Å². The van der Waals surface area contributed by atoms with Gasteiger partial charge in [0.15, 0.2) is 0 Å². The van der Waals surface area contributed by atoms with Crippen molar-refractivity contribution in [1.29, 1.82) is 0 Å². The monoisotopic (exact) mass is 530 g/mol. The number of methoxy groups -OCH3 is 2. The third-order valence-corrected chi connectivity index (χ3v) is 7.16. The van der Waals surface area contributed by atoms with Crippen molar-refractivity contribution < 1.29 is 18.7 Å². The van der Waals surface area contributed by atoms with E-state index in [4.69, 9.17) is 13.9 Å². The Balaban J connectivity index is 2.02. The van der Waals surface area contributed by atoms with Crippen molar-refractivity contribution in [3.63, 3.8) is 0 Å². The topological polar surface area (TPSA) is 58.2 Å². The predicted molar refractivity (Wildman–Crippen MR) is 161 cm³/mol. The first-order valence-corrected chi connectivity index (χ1v) is 13.4. The van der Waals surface area contributed by atoms with E-state index in [0.29, 0.717) is 6.42 Å². The normalized spacial score (nSPS) is 11.1. The molecule has 206 valence electrons. The molecule has 0 radical (unpaired) electrons. The van der Waals surface area contributed by atoms with Gasteiger partial charge in [0.1, 0.15) is 42.7 Å². The minimum Gasteiger partial charge on any atom is -0.497 e. The highest BCUT2D eigenvalue weighted by atomic mass is 16.5. The number of Topliss-reactive ketones (excluding diaryl/α,β-unsaturated/α-hetero) is 1. The summed E-state index contributed by atoms with van der Waals surface area (Å²) >= 11 is 0. The maximum Gasteiger partial charge on any atom is 0.203 e. The molecule has 0 spiro atoms. The van der Waals surface area contributed by atoms with E-state index in [-0.39, 0.29) is 5.78 Å². The zero-order chi connectivity index (χ0) is 28.3. The molecule has 2 aromatic rings. The summed E-state index contributed by atoms with van der Waals surface area (Å²) < 4.78 is 20.1. The van der Waals surface area contributed by atoms with Gasteiger partial charge in [-0.2, -0.15) is 0 Å². The lowest BCUT2D eigenvalue weighted by atomic mass is 9.92. The largest absolute Gasteiger partial charge is 0.497 e. The first kappa shape index (κ1) is 28.0. The number of rotatable bonds is 10. The van der Waals surface area contributed by atoms with Crippen LogP contribution in [-0.4, -0.2) is 61.3 Å². The Morgan fingerprint density at radius 2 is 1.72 bits per heavy atom. The van der Waals surface area contributed by atoms with Gasteiger partial charge in [0.2, 0.25) is 5.36 Å². The second kappa shape index (κ2) is 11.8. The number of nitrogens with zero attached hydrogens (tertiary/aromatic N) is 3. The Morgan fingerprint density at radius 3 is 2.33 bits per heavy atom. The molecule has 1 aliphatic carbocycles. The molecule has 7 heteroatoms. The Kier molecular flexibility index (Phi) is 8.48.